The molecule has 0 saturated heterocycles. The van der Waals surface area contributed by atoms with E-state index in [1.54, 1.807) is 0 Å². The van der Waals surface area contributed by atoms with Crippen LogP contribution >= 0.6 is 0 Å². The highest BCUT2D eigenvalue weighted by atomic mass is 15.1. The van der Waals surface area contributed by atoms with Crippen molar-refractivity contribution in [3.05, 3.63) is 36.2 Å². The van der Waals surface area contributed by atoms with Crippen LogP contribution < -0.4 is 11.1 Å². The quantitative estimate of drug-likeness (QED) is 0.487. The normalized spacial score (nSPS) is 12.1. The average Bonchev–Trinajstić information content (AvgIpc) is 2.25. The van der Waals surface area contributed by atoms with E-state index in [-0.39, 0.29) is 0 Å². The topological polar surface area (TPSA) is 41.3 Å². The SMILES string of the molecule is C=C(N)/C=C\C(=C/C)N(C)CCCNCC. The second kappa shape index (κ2) is 9.04. The molecule has 0 aliphatic heterocycles. The van der Waals surface area contributed by atoms with Crippen LogP contribution in [0.4, 0.5) is 0 Å². The van der Waals surface area contributed by atoms with E-state index in [2.05, 4.69) is 36.8 Å². The molecule has 0 bridgehead atoms. The van der Waals surface area contributed by atoms with E-state index < -0.39 is 0 Å². The molecule has 0 aromatic heterocycles. The van der Waals surface area contributed by atoms with Gasteiger partial charge in [-0.1, -0.05) is 19.6 Å². The number of likely N-dealkylation sites (N-methyl/N-ethyl adjacent to an activating group) is 1. The maximum Gasteiger partial charge on any atom is 0.0320 e. The Morgan fingerprint density at radius 2 is 2.12 bits per heavy atom. The minimum atomic E-state index is 0.584. The summed E-state index contributed by atoms with van der Waals surface area (Å²) in [7, 11) is 2.09. The lowest BCUT2D eigenvalue weighted by atomic mass is 10.3. The summed E-state index contributed by atoms with van der Waals surface area (Å²) in [4.78, 5) is 2.22. The van der Waals surface area contributed by atoms with Gasteiger partial charge >= 0.3 is 0 Å². The molecular weight excluding hydrogens is 198 g/mol. The van der Waals surface area contributed by atoms with Crippen molar-refractivity contribution in [2.24, 2.45) is 5.73 Å². The second-order valence-electron chi connectivity index (χ2n) is 3.75. The van der Waals surface area contributed by atoms with Crippen LogP contribution in [0.3, 0.4) is 0 Å². The monoisotopic (exact) mass is 223 g/mol. The average molecular weight is 223 g/mol. The largest absolute Gasteiger partial charge is 0.399 e. The van der Waals surface area contributed by atoms with Crippen LogP contribution in [-0.2, 0) is 0 Å². The summed E-state index contributed by atoms with van der Waals surface area (Å²) in [6.45, 7) is 10.9. The van der Waals surface area contributed by atoms with Crippen LogP contribution in [0.15, 0.2) is 36.2 Å². The van der Waals surface area contributed by atoms with Gasteiger partial charge in [-0.2, -0.15) is 0 Å². The van der Waals surface area contributed by atoms with Gasteiger partial charge in [0, 0.05) is 25.0 Å². The number of nitrogens with two attached hydrogens (primary N) is 1. The molecule has 16 heavy (non-hydrogen) atoms. The minimum absolute atomic E-state index is 0.584. The molecule has 0 radical (unpaired) electrons. The fourth-order valence-electron chi connectivity index (χ4n) is 1.38. The highest BCUT2D eigenvalue weighted by Crippen LogP contribution is 2.04. The van der Waals surface area contributed by atoms with E-state index in [0.29, 0.717) is 5.70 Å². The van der Waals surface area contributed by atoms with Crippen LogP contribution in [0.2, 0.25) is 0 Å². The standard InChI is InChI=1S/C13H25N3/c1-5-13(9-8-12(3)14)16(4)11-7-10-15-6-2/h5,8-9,15H,3,6-7,10-11,14H2,1-2,4H3/b9-8-,13-5+. The van der Waals surface area contributed by atoms with E-state index in [4.69, 9.17) is 5.73 Å². The molecule has 0 aliphatic carbocycles. The highest BCUT2D eigenvalue weighted by molar-refractivity contribution is 5.23. The van der Waals surface area contributed by atoms with Gasteiger partial charge < -0.3 is 16.0 Å². The number of rotatable bonds is 8. The van der Waals surface area contributed by atoms with Crippen molar-refractivity contribution < 1.29 is 0 Å². The molecule has 0 spiro atoms. The number of allylic oxidation sites excluding steroid dienone is 3. The van der Waals surface area contributed by atoms with Gasteiger partial charge in [0.25, 0.3) is 0 Å². The highest BCUT2D eigenvalue weighted by Gasteiger charge is 1.99. The predicted octanol–water partition coefficient (Wildman–Crippen LogP) is 1.85. The smallest absolute Gasteiger partial charge is 0.0320 e. The molecule has 0 atom stereocenters. The maximum atomic E-state index is 5.50. The van der Waals surface area contributed by atoms with Crippen molar-refractivity contribution in [2.45, 2.75) is 20.3 Å². The van der Waals surface area contributed by atoms with Crippen molar-refractivity contribution in [3.63, 3.8) is 0 Å². The molecule has 0 amide bonds. The number of hydrogen-bond donors (Lipinski definition) is 2. The molecule has 0 heterocycles. The van der Waals surface area contributed by atoms with E-state index in [1.165, 1.54) is 5.70 Å². The molecule has 0 unspecified atom stereocenters. The van der Waals surface area contributed by atoms with Gasteiger partial charge in [0.15, 0.2) is 0 Å². The molecule has 92 valence electrons. The zero-order chi connectivity index (χ0) is 12.4. The fourth-order valence-corrected chi connectivity index (χ4v) is 1.38. The van der Waals surface area contributed by atoms with Crippen molar-refractivity contribution >= 4 is 0 Å². The lowest BCUT2D eigenvalue weighted by molar-refractivity contribution is 0.414. The summed E-state index contributed by atoms with van der Waals surface area (Å²) in [5, 5.41) is 3.31. The molecule has 0 fully saturated rings. The molecular formula is C13H25N3. The molecule has 3 heteroatoms. The Morgan fingerprint density at radius 3 is 2.62 bits per heavy atom. The second-order valence-corrected chi connectivity index (χ2v) is 3.75. The zero-order valence-electron chi connectivity index (χ0n) is 10.8. The first-order valence-electron chi connectivity index (χ1n) is 5.82. The molecule has 3 N–H and O–H groups in total. The number of nitrogens with zero attached hydrogens (tertiary/aromatic N) is 1. The van der Waals surface area contributed by atoms with E-state index in [0.717, 1.165) is 26.1 Å². The van der Waals surface area contributed by atoms with Gasteiger partial charge in [-0.15, -0.1) is 0 Å². The summed E-state index contributed by atoms with van der Waals surface area (Å²) in [5.41, 5.74) is 7.25. The Balaban J connectivity index is 4.02. The van der Waals surface area contributed by atoms with E-state index >= 15 is 0 Å². The van der Waals surface area contributed by atoms with Crippen molar-refractivity contribution in [2.75, 3.05) is 26.7 Å². The number of nitrogens with one attached hydrogen (secondary N) is 1. The molecule has 0 aromatic rings. The van der Waals surface area contributed by atoms with Crippen LogP contribution in [0.25, 0.3) is 0 Å². The summed E-state index contributed by atoms with van der Waals surface area (Å²) < 4.78 is 0. The summed E-state index contributed by atoms with van der Waals surface area (Å²) >= 11 is 0. The van der Waals surface area contributed by atoms with Gasteiger partial charge in [-0.3, -0.25) is 0 Å². The minimum Gasteiger partial charge on any atom is -0.399 e. The van der Waals surface area contributed by atoms with Gasteiger partial charge in [-0.05, 0) is 38.6 Å². The van der Waals surface area contributed by atoms with Crippen LogP contribution in [0, 0.1) is 0 Å². The first kappa shape index (κ1) is 14.8. The Morgan fingerprint density at radius 1 is 1.44 bits per heavy atom. The lowest BCUT2D eigenvalue weighted by Crippen LogP contribution is -2.23. The Hall–Kier alpha value is -1.22. The van der Waals surface area contributed by atoms with Gasteiger partial charge in [0.2, 0.25) is 0 Å². The molecule has 0 saturated carbocycles. The third kappa shape index (κ3) is 7.12. The summed E-state index contributed by atoms with van der Waals surface area (Å²) in [6.07, 6.45) is 7.04. The van der Waals surface area contributed by atoms with Crippen molar-refractivity contribution in [3.8, 4) is 0 Å². The van der Waals surface area contributed by atoms with Crippen LogP contribution in [0.5, 0.6) is 0 Å². The third-order valence-corrected chi connectivity index (χ3v) is 2.30. The summed E-state index contributed by atoms with van der Waals surface area (Å²) in [6, 6.07) is 0. The van der Waals surface area contributed by atoms with Crippen LogP contribution in [-0.4, -0.2) is 31.6 Å². The zero-order valence-corrected chi connectivity index (χ0v) is 10.8. The van der Waals surface area contributed by atoms with Crippen LogP contribution in [0.1, 0.15) is 20.3 Å². The molecule has 0 aliphatic rings. The van der Waals surface area contributed by atoms with Gasteiger partial charge in [0.05, 0.1) is 0 Å². The Labute approximate surface area is 99.7 Å². The third-order valence-electron chi connectivity index (χ3n) is 2.30. The fraction of sp³-hybridized carbons (Fsp3) is 0.538. The summed E-state index contributed by atoms with van der Waals surface area (Å²) in [5.74, 6) is 0. The first-order chi connectivity index (χ1) is 7.61. The molecule has 0 rings (SSSR count). The Kier molecular flexibility index (Phi) is 8.35. The van der Waals surface area contributed by atoms with Gasteiger partial charge in [-0.25, -0.2) is 0 Å². The van der Waals surface area contributed by atoms with E-state index in [9.17, 15) is 0 Å². The number of hydrogen-bond acceptors (Lipinski definition) is 3. The van der Waals surface area contributed by atoms with Gasteiger partial charge in [0.1, 0.15) is 0 Å². The first-order valence-corrected chi connectivity index (χ1v) is 5.82. The molecule has 0 aromatic carbocycles. The maximum absolute atomic E-state index is 5.50. The van der Waals surface area contributed by atoms with Crippen molar-refractivity contribution in [1.82, 2.24) is 10.2 Å². The molecule has 3 nitrogen and oxygen atoms in total. The Bertz CT molecular complexity index is 254. The van der Waals surface area contributed by atoms with E-state index in [1.807, 2.05) is 19.1 Å². The lowest BCUT2D eigenvalue weighted by Gasteiger charge is -2.20. The predicted molar refractivity (Wildman–Crippen MR) is 72.0 cm³/mol. The van der Waals surface area contributed by atoms with Crippen molar-refractivity contribution in [1.29, 1.82) is 0 Å².